The molecule has 5 nitrogen and oxygen atoms in total. The van der Waals surface area contributed by atoms with E-state index in [1.165, 1.54) is 0 Å². The first-order valence-electron chi connectivity index (χ1n) is 8.72. The van der Waals surface area contributed by atoms with Gasteiger partial charge in [0.05, 0.1) is 0 Å². The number of ether oxygens (including phenoxy) is 2. The SMILES string of the molecule is CN1CCC(Oc2ccc(NC(=O)COc3ccc(Br)cc3)cc2)CC1. The Morgan fingerprint density at radius 2 is 1.69 bits per heavy atom. The second-order valence-corrected chi connectivity index (χ2v) is 7.35. The third-order valence-corrected chi connectivity index (χ3v) is 4.82. The second-order valence-electron chi connectivity index (χ2n) is 6.44. The number of nitrogens with zero attached hydrogens (tertiary/aromatic N) is 1. The van der Waals surface area contributed by atoms with Crippen LogP contribution in [-0.2, 0) is 4.79 Å². The van der Waals surface area contributed by atoms with Crippen LogP contribution >= 0.6 is 15.9 Å². The number of rotatable bonds is 6. The molecular weight excluding hydrogens is 396 g/mol. The van der Waals surface area contributed by atoms with Gasteiger partial charge in [0.1, 0.15) is 17.6 Å². The van der Waals surface area contributed by atoms with Crippen LogP contribution in [0.5, 0.6) is 11.5 Å². The highest BCUT2D eigenvalue weighted by molar-refractivity contribution is 9.10. The summed E-state index contributed by atoms with van der Waals surface area (Å²) in [5, 5.41) is 2.82. The average molecular weight is 419 g/mol. The highest BCUT2D eigenvalue weighted by atomic mass is 79.9. The summed E-state index contributed by atoms with van der Waals surface area (Å²) in [4.78, 5) is 14.3. The average Bonchev–Trinajstić information content (AvgIpc) is 2.65. The molecule has 138 valence electrons. The van der Waals surface area contributed by atoms with Gasteiger partial charge in [-0.1, -0.05) is 15.9 Å². The molecule has 1 N–H and O–H groups in total. The van der Waals surface area contributed by atoms with E-state index in [0.717, 1.165) is 41.8 Å². The van der Waals surface area contributed by atoms with Crippen molar-refractivity contribution in [3.8, 4) is 11.5 Å². The zero-order valence-corrected chi connectivity index (χ0v) is 16.4. The number of benzene rings is 2. The highest BCUT2D eigenvalue weighted by Crippen LogP contribution is 2.21. The first-order chi connectivity index (χ1) is 12.6. The minimum Gasteiger partial charge on any atom is -0.490 e. The standard InChI is InChI=1S/C20H23BrN2O3/c1-23-12-10-19(11-13-23)26-18-8-4-16(5-9-18)22-20(24)14-25-17-6-2-15(21)3-7-17/h2-9,19H,10-14H2,1H3,(H,22,24). The maximum absolute atomic E-state index is 12.0. The lowest BCUT2D eigenvalue weighted by molar-refractivity contribution is -0.118. The van der Waals surface area contributed by atoms with Crippen LogP contribution in [0.1, 0.15) is 12.8 Å². The van der Waals surface area contributed by atoms with E-state index in [9.17, 15) is 4.79 Å². The predicted molar refractivity (Wildman–Crippen MR) is 106 cm³/mol. The molecule has 1 saturated heterocycles. The van der Waals surface area contributed by atoms with Crippen LogP contribution in [0, 0.1) is 0 Å². The van der Waals surface area contributed by atoms with Gasteiger partial charge < -0.3 is 19.7 Å². The number of likely N-dealkylation sites (tertiary alicyclic amines) is 1. The fourth-order valence-electron chi connectivity index (χ4n) is 2.79. The van der Waals surface area contributed by atoms with E-state index in [-0.39, 0.29) is 18.6 Å². The molecule has 0 aliphatic carbocycles. The van der Waals surface area contributed by atoms with Crippen LogP contribution in [0.3, 0.4) is 0 Å². The maximum atomic E-state index is 12.0. The molecule has 0 unspecified atom stereocenters. The van der Waals surface area contributed by atoms with Gasteiger partial charge >= 0.3 is 0 Å². The maximum Gasteiger partial charge on any atom is 0.262 e. The van der Waals surface area contributed by atoms with Crippen molar-refractivity contribution in [1.29, 1.82) is 0 Å². The Morgan fingerprint density at radius 1 is 1.08 bits per heavy atom. The van der Waals surface area contributed by atoms with Crippen LogP contribution < -0.4 is 14.8 Å². The molecule has 1 fully saturated rings. The second kappa shape index (κ2) is 9.05. The van der Waals surface area contributed by atoms with Gasteiger partial charge in [0, 0.05) is 23.2 Å². The number of anilines is 1. The number of piperidine rings is 1. The van der Waals surface area contributed by atoms with Crippen LogP contribution in [0.15, 0.2) is 53.0 Å². The van der Waals surface area contributed by atoms with Crippen LogP contribution in [0.4, 0.5) is 5.69 Å². The van der Waals surface area contributed by atoms with E-state index >= 15 is 0 Å². The largest absolute Gasteiger partial charge is 0.490 e. The van der Waals surface area contributed by atoms with E-state index in [4.69, 9.17) is 9.47 Å². The number of amides is 1. The van der Waals surface area contributed by atoms with Crippen molar-refractivity contribution in [3.63, 3.8) is 0 Å². The first-order valence-corrected chi connectivity index (χ1v) is 9.51. The van der Waals surface area contributed by atoms with Crippen LogP contribution in [-0.4, -0.2) is 43.7 Å². The van der Waals surface area contributed by atoms with E-state index in [1.807, 2.05) is 48.5 Å². The minimum absolute atomic E-state index is 0.0323. The molecule has 0 spiro atoms. The number of hydrogen-bond donors (Lipinski definition) is 1. The van der Waals surface area contributed by atoms with Crippen molar-refractivity contribution in [2.75, 3.05) is 32.1 Å². The topological polar surface area (TPSA) is 50.8 Å². The molecule has 0 radical (unpaired) electrons. The molecule has 1 amide bonds. The fraction of sp³-hybridized carbons (Fsp3) is 0.350. The Hall–Kier alpha value is -2.05. The number of hydrogen-bond acceptors (Lipinski definition) is 4. The van der Waals surface area contributed by atoms with Gasteiger partial charge in [-0.05, 0) is 68.4 Å². The van der Waals surface area contributed by atoms with Crippen molar-refractivity contribution >= 4 is 27.5 Å². The molecule has 0 aromatic heterocycles. The van der Waals surface area contributed by atoms with Gasteiger partial charge in [0.15, 0.2) is 6.61 Å². The Morgan fingerprint density at radius 3 is 2.35 bits per heavy atom. The van der Waals surface area contributed by atoms with Gasteiger partial charge in [-0.3, -0.25) is 4.79 Å². The molecule has 0 bridgehead atoms. The summed E-state index contributed by atoms with van der Waals surface area (Å²) in [5.74, 6) is 1.30. The lowest BCUT2D eigenvalue weighted by Gasteiger charge is -2.29. The van der Waals surface area contributed by atoms with E-state index in [2.05, 4.69) is 33.2 Å². The molecule has 2 aromatic rings. The zero-order valence-electron chi connectivity index (χ0n) is 14.8. The predicted octanol–water partition coefficient (Wildman–Crippen LogP) is 3.94. The summed E-state index contributed by atoms with van der Waals surface area (Å²) in [6.45, 7) is 2.10. The molecule has 2 aromatic carbocycles. The van der Waals surface area contributed by atoms with E-state index < -0.39 is 0 Å². The normalized spacial score (nSPS) is 15.5. The van der Waals surface area contributed by atoms with Gasteiger partial charge in [-0.25, -0.2) is 0 Å². The quantitative estimate of drug-likeness (QED) is 0.771. The third-order valence-electron chi connectivity index (χ3n) is 4.29. The van der Waals surface area contributed by atoms with Gasteiger partial charge in [-0.15, -0.1) is 0 Å². The minimum atomic E-state index is -0.197. The summed E-state index contributed by atoms with van der Waals surface area (Å²) >= 11 is 3.36. The summed E-state index contributed by atoms with van der Waals surface area (Å²) in [5.41, 5.74) is 0.727. The third kappa shape index (κ3) is 5.75. The highest BCUT2D eigenvalue weighted by Gasteiger charge is 2.17. The smallest absolute Gasteiger partial charge is 0.262 e. The zero-order chi connectivity index (χ0) is 18.4. The Kier molecular flexibility index (Phi) is 6.52. The Labute approximate surface area is 162 Å². The van der Waals surface area contributed by atoms with Crippen molar-refractivity contribution in [1.82, 2.24) is 4.90 Å². The first kappa shape index (κ1) is 18.7. The fourth-order valence-corrected chi connectivity index (χ4v) is 3.05. The lowest BCUT2D eigenvalue weighted by atomic mass is 10.1. The summed E-state index contributed by atoms with van der Waals surface area (Å²) in [6, 6.07) is 14.8. The van der Waals surface area contributed by atoms with Crippen molar-refractivity contribution in [2.24, 2.45) is 0 Å². The number of halogens is 1. The molecule has 6 heteroatoms. The van der Waals surface area contributed by atoms with Crippen molar-refractivity contribution in [3.05, 3.63) is 53.0 Å². The molecule has 1 aliphatic rings. The molecule has 1 aliphatic heterocycles. The van der Waals surface area contributed by atoms with Gasteiger partial charge in [-0.2, -0.15) is 0 Å². The van der Waals surface area contributed by atoms with Crippen molar-refractivity contribution in [2.45, 2.75) is 18.9 Å². The molecule has 0 saturated carbocycles. The lowest BCUT2D eigenvalue weighted by Crippen LogP contribution is -2.35. The van der Waals surface area contributed by atoms with Gasteiger partial charge in [0.25, 0.3) is 5.91 Å². The van der Waals surface area contributed by atoms with Crippen LogP contribution in [0.25, 0.3) is 0 Å². The summed E-state index contributed by atoms with van der Waals surface area (Å²) < 4.78 is 12.4. The van der Waals surface area contributed by atoms with Crippen molar-refractivity contribution < 1.29 is 14.3 Å². The van der Waals surface area contributed by atoms with E-state index in [0.29, 0.717) is 5.75 Å². The monoisotopic (exact) mass is 418 g/mol. The summed E-state index contributed by atoms with van der Waals surface area (Å²) in [7, 11) is 2.13. The number of nitrogens with one attached hydrogen (secondary N) is 1. The molecule has 1 heterocycles. The molecule has 3 rings (SSSR count). The molecule has 26 heavy (non-hydrogen) atoms. The van der Waals surface area contributed by atoms with E-state index in [1.54, 1.807) is 0 Å². The Bertz CT molecular complexity index is 711. The molecular formula is C20H23BrN2O3. The van der Waals surface area contributed by atoms with Crippen LogP contribution in [0.2, 0.25) is 0 Å². The molecule has 0 atom stereocenters. The number of carbonyl (C=O) groups is 1. The van der Waals surface area contributed by atoms with Gasteiger partial charge in [0.2, 0.25) is 0 Å². The number of carbonyl (C=O) groups excluding carboxylic acids is 1. The summed E-state index contributed by atoms with van der Waals surface area (Å²) in [6.07, 6.45) is 2.36. The Balaban J connectivity index is 1.44.